The number of aliphatic carboxylic acids is 1. The van der Waals surface area contributed by atoms with Crippen molar-refractivity contribution in [3.8, 4) is 0 Å². The van der Waals surface area contributed by atoms with Crippen molar-refractivity contribution in [1.29, 1.82) is 0 Å². The summed E-state index contributed by atoms with van der Waals surface area (Å²) in [4.78, 5) is 146. The number of nitrogen functional groups attached to an aromatic ring is 2. The Bertz CT molecular complexity index is 2610. The van der Waals surface area contributed by atoms with Gasteiger partial charge in [-0.1, -0.05) is 0 Å². The van der Waals surface area contributed by atoms with Gasteiger partial charge in [-0.3, -0.25) is 58.8 Å². The van der Waals surface area contributed by atoms with Crippen LogP contribution in [-0.4, -0.2) is 178 Å². The molecule has 0 aliphatic heterocycles. The average Bonchev–Trinajstić information content (AvgIpc) is 3.40. The molecular weight excluding hydrogens is 1040 g/mol. The van der Waals surface area contributed by atoms with Crippen LogP contribution in [0.15, 0.2) is 30.5 Å². The fraction of sp³-hybridized carbons (Fsp3) is 0.560. The first-order valence-corrected chi connectivity index (χ1v) is 25.6. The number of amides is 6. The number of hydrogen-bond acceptors (Lipinski definition) is 22. The molecule has 434 valence electrons. The zero-order valence-corrected chi connectivity index (χ0v) is 44.8. The van der Waals surface area contributed by atoms with Gasteiger partial charge in [0.05, 0.1) is 30.5 Å². The van der Waals surface area contributed by atoms with Gasteiger partial charge in [0.25, 0.3) is 5.91 Å². The van der Waals surface area contributed by atoms with E-state index in [-0.39, 0.29) is 126 Å². The van der Waals surface area contributed by atoms with Gasteiger partial charge in [-0.25, -0.2) is 30.0 Å². The van der Waals surface area contributed by atoms with E-state index in [2.05, 4.69) is 35.9 Å². The van der Waals surface area contributed by atoms with Gasteiger partial charge in [-0.15, -0.1) is 0 Å². The predicted molar refractivity (Wildman–Crippen MR) is 281 cm³/mol. The molecule has 2 aromatic heterocycles. The molecule has 0 fully saturated rings. The second-order valence-electron chi connectivity index (χ2n) is 19.0. The van der Waals surface area contributed by atoms with Crippen LogP contribution < -0.4 is 38.1 Å². The lowest BCUT2D eigenvalue weighted by Crippen LogP contribution is -2.49. The fourth-order valence-corrected chi connectivity index (χ4v) is 8.07. The lowest BCUT2D eigenvalue weighted by atomic mass is 9.84. The fourth-order valence-electron chi connectivity index (χ4n) is 8.07. The van der Waals surface area contributed by atoms with E-state index in [0.29, 0.717) is 38.6 Å². The van der Waals surface area contributed by atoms with Crippen molar-refractivity contribution in [2.75, 3.05) is 56.2 Å². The molecule has 6 amide bonds. The minimum absolute atomic E-state index is 0.00357. The number of carboxylic acids is 1. The summed E-state index contributed by atoms with van der Waals surface area (Å²) in [6, 6.07) is 2.43. The molecule has 29 nitrogen and oxygen atoms in total. The molecular formula is C50H74N14O15. The summed E-state index contributed by atoms with van der Waals surface area (Å²) in [6.07, 6.45) is -0.0739. The number of aliphatic hydroxyl groups is 1. The number of carbonyl (C=O) groups excluding carboxylic acids is 9. The minimum Gasteiger partial charge on any atom is -0.480 e. The molecule has 0 saturated carbocycles. The maximum atomic E-state index is 14.0. The van der Waals surface area contributed by atoms with E-state index >= 15 is 0 Å². The highest BCUT2D eigenvalue weighted by molar-refractivity contribution is 5.97. The highest BCUT2D eigenvalue weighted by atomic mass is 16.5. The molecule has 0 spiro atoms. The number of carbonyl (C=O) groups is 10. The molecule has 0 aliphatic carbocycles. The Morgan fingerprint density at radius 2 is 1.24 bits per heavy atom. The van der Waals surface area contributed by atoms with Gasteiger partial charge in [0.1, 0.15) is 17.6 Å². The first-order chi connectivity index (χ1) is 37.3. The zero-order valence-electron chi connectivity index (χ0n) is 44.8. The van der Waals surface area contributed by atoms with Crippen molar-refractivity contribution in [3.05, 3.63) is 41.7 Å². The molecule has 5 atom stereocenters. The number of hydrogen-bond donors (Lipinski definition) is 11. The van der Waals surface area contributed by atoms with Gasteiger partial charge < -0.3 is 48.3 Å². The number of rotatable bonds is 36. The number of carboxylic acid groups (broad SMARTS) is 1. The molecule has 0 radical (unpaired) electrons. The lowest BCUT2D eigenvalue weighted by Gasteiger charge is -2.24. The van der Waals surface area contributed by atoms with Gasteiger partial charge >= 0.3 is 5.97 Å². The Morgan fingerprint density at radius 1 is 0.658 bits per heavy atom. The number of aromatic nitrogens is 4. The van der Waals surface area contributed by atoms with E-state index < -0.39 is 102 Å². The molecule has 79 heavy (non-hydrogen) atoms. The van der Waals surface area contributed by atoms with Gasteiger partial charge in [-0.2, -0.15) is 9.97 Å². The van der Waals surface area contributed by atoms with Crippen LogP contribution in [0.5, 0.6) is 0 Å². The number of aliphatic hydroxyl groups excluding tert-OH is 1. The van der Waals surface area contributed by atoms with Crippen LogP contribution in [0.1, 0.15) is 120 Å². The van der Waals surface area contributed by atoms with Gasteiger partial charge in [0.15, 0.2) is 22.8 Å². The third kappa shape index (κ3) is 22.6. The first-order valence-electron chi connectivity index (χ1n) is 25.6. The molecule has 0 aliphatic rings. The minimum atomic E-state index is -1.41. The second-order valence-corrected chi connectivity index (χ2v) is 19.0. The number of ketones is 3. The summed E-state index contributed by atoms with van der Waals surface area (Å²) in [6.45, 7) is 2.53. The van der Waals surface area contributed by atoms with Crippen molar-refractivity contribution < 1.29 is 73.8 Å². The number of fused-ring (bicyclic) bond motifs is 1. The van der Waals surface area contributed by atoms with Gasteiger partial charge in [-0.05, 0) is 82.1 Å². The van der Waals surface area contributed by atoms with E-state index in [1.54, 1.807) is 19.2 Å². The first kappa shape index (κ1) is 65.4. The van der Waals surface area contributed by atoms with E-state index in [1.807, 2.05) is 4.90 Å². The summed E-state index contributed by atoms with van der Waals surface area (Å²) >= 11 is 0. The molecule has 1 aromatic carbocycles. The molecule has 2 heterocycles. The monoisotopic (exact) mass is 1110 g/mol. The van der Waals surface area contributed by atoms with Crippen molar-refractivity contribution in [2.24, 2.45) is 17.6 Å². The topological polar surface area (TPSA) is 451 Å². The molecule has 3 rings (SSSR count). The average molecular weight is 1110 g/mol. The van der Waals surface area contributed by atoms with E-state index in [0.717, 1.165) is 20.8 Å². The molecule has 29 heteroatoms. The second kappa shape index (κ2) is 32.8. The number of nitrogens with zero attached hydrogens (tertiary/aromatic N) is 8. The number of anilines is 3. The largest absolute Gasteiger partial charge is 0.480 e. The normalized spacial score (nSPS) is 13.0. The highest BCUT2D eigenvalue weighted by Crippen LogP contribution is 2.23. The maximum Gasteiger partial charge on any atom is 0.326 e. The van der Waals surface area contributed by atoms with Crippen LogP contribution >= 0.6 is 0 Å². The van der Waals surface area contributed by atoms with Crippen molar-refractivity contribution >= 4 is 87.4 Å². The quantitative estimate of drug-likeness (QED) is 0.0208. The molecule has 0 bridgehead atoms. The Morgan fingerprint density at radius 3 is 1.82 bits per heavy atom. The van der Waals surface area contributed by atoms with Crippen LogP contribution in [0.2, 0.25) is 0 Å². The Hall–Kier alpha value is -7.86. The van der Waals surface area contributed by atoms with Crippen molar-refractivity contribution in [1.82, 2.24) is 51.1 Å². The third-order valence-corrected chi connectivity index (χ3v) is 12.7. The van der Waals surface area contributed by atoms with Crippen LogP contribution in [0.3, 0.4) is 0 Å². The summed E-state index contributed by atoms with van der Waals surface area (Å²) in [5.74, 6) is -9.25. The molecule has 0 saturated heterocycles. The van der Waals surface area contributed by atoms with Crippen LogP contribution in [-0.2, 0) is 49.7 Å². The molecule has 14 N–H and O–H groups in total. The smallest absolute Gasteiger partial charge is 0.326 e. The Kier molecular flexibility index (Phi) is 27.1. The standard InChI is InChI=1S/C50H74N14O15/c1-29(66)62(77)21-6-9-33(25-42(71)39(12-8-23-64(79)31(3)68)57-48(74)38(51)11-7-22-63(78)30(2)67)41(70)26-34(19-24-65)46(72)54-20-5-10-37(69)17-18-40(49(75)76)58-47(73)32-13-15-36(16-14-32)61(4)28-35-27-55-45-43(56-35)44(52)59-50(53)60-45/h13-16,27,33-34,38-40,65,77-79H,5-12,17-26,28,51H2,1-4H3,(H,54,72)(H,57,74)(H,58,73)(H,75,76)(H4,52,53,55,59,60)/t33-,34-,38+,39+,40-/m1/s1. The van der Waals surface area contributed by atoms with Gasteiger partial charge in [0, 0.05) is 109 Å². The third-order valence-electron chi connectivity index (χ3n) is 12.7. The van der Waals surface area contributed by atoms with Crippen LogP contribution in [0.4, 0.5) is 17.5 Å². The van der Waals surface area contributed by atoms with Crippen LogP contribution in [0.25, 0.3) is 11.2 Å². The van der Waals surface area contributed by atoms with Crippen molar-refractivity contribution in [3.63, 3.8) is 0 Å². The zero-order chi connectivity index (χ0) is 58.9. The summed E-state index contributed by atoms with van der Waals surface area (Å²) in [5, 5.41) is 58.2. The Balaban J connectivity index is 1.58. The number of Topliss-reactive ketones (excluding diaryl/α,β-unsaturated/α-hetero) is 3. The number of nitrogens with two attached hydrogens (primary N) is 3. The summed E-state index contributed by atoms with van der Waals surface area (Å²) < 4.78 is 0. The van der Waals surface area contributed by atoms with E-state index in [9.17, 15) is 73.8 Å². The van der Waals surface area contributed by atoms with Crippen LogP contribution in [0, 0.1) is 11.8 Å². The number of hydroxylamine groups is 6. The van der Waals surface area contributed by atoms with Crippen molar-refractivity contribution in [2.45, 2.75) is 129 Å². The van der Waals surface area contributed by atoms with E-state index in [1.165, 1.54) is 18.3 Å². The highest BCUT2D eigenvalue weighted by Gasteiger charge is 2.32. The maximum absolute atomic E-state index is 14.0. The van der Waals surface area contributed by atoms with Gasteiger partial charge in [0.2, 0.25) is 35.5 Å². The molecule has 0 unspecified atom stereocenters. The predicted octanol–water partition coefficient (Wildman–Crippen LogP) is 0.0483. The number of nitrogens with one attached hydrogen (secondary N) is 3. The molecule has 3 aromatic rings. The SMILES string of the molecule is CC(=O)N(O)CCC[C@H](CC(=O)[C@H](CCCN(O)C(C)=O)NC(=O)[C@@H](N)CCCN(O)C(C)=O)C(=O)C[C@@H](CCO)C(=O)NCCCC(=O)CC[C@@H](NC(=O)c1ccc(N(C)Cc2cnc3nc(N)nc(N)c3n2)cc1)C(=O)O. The summed E-state index contributed by atoms with van der Waals surface area (Å²) in [7, 11) is 1.78. The van der Waals surface area contributed by atoms with E-state index in [4.69, 9.17) is 17.2 Å². The number of benzene rings is 1. The lowest BCUT2D eigenvalue weighted by molar-refractivity contribution is -0.163. The Labute approximate surface area is 455 Å². The summed E-state index contributed by atoms with van der Waals surface area (Å²) in [5.41, 5.74) is 19.6.